The van der Waals surface area contributed by atoms with E-state index in [0.717, 1.165) is 6.54 Å². The van der Waals surface area contributed by atoms with E-state index < -0.39 is 0 Å². The second-order valence-electron chi connectivity index (χ2n) is 5.82. The molecule has 2 rings (SSSR count). The van der Waals surface area contributed by atoms with Gasteiger partial charge in [0.1, 0.15) is 0 Å². The summed E-state index contributed by atoms with van der Waals surface area (Å²) in [5, 5.41) is 3.56. The smallest absolute Gasteiger partial charge is 0.00254 e. The summed E-state index contributed by atoms with van der Waals surface area (Å²) < 4.78 is 0. The van der Waals surface area contributed by atoms with Crippen LogP contribution in [0.5, 0.6) is 0 Å². The Morgan fingerprint density at radius 3 is 2.65 bits per heavy atom. The van der Waals surface area contributed by atoms with Gasteiger partial charge < -0.3 is 5.32 Å². The highest BCUT2D eigenvalue weighted by Gasteiger charge is 2.36. The molecule has 1 heteroatoms. The average Bonchev–Trinajstić information content (AvgIpc) is 2.31. The Labute approximate surface area is 106 Å². The molecule has 0 aromatic heterocycles. The van der Waals surface area contributed by atoms with Gasteiger partial charge >= 0.3 is 0 Å². The third-order valence-corrected chi connectivity index (χ3v) is 4.36. The third-order valence-electron chi connectivity index (χ3n) is 4.36. The van der Waals surface area contributed by atoms with Gasteiger partial charge in [-0.2, -0.15) is 0 Å². The molecule has 2 atom stereocenters. The molecule has 1 fully saturated rings. The molecule has 1 aliphatic rings. The predicted octanol–water partition coefficient (Wildman–Crippen LogP) is 3.88. The van der Waals surface area contributed by atoms with Gasteiger partial charge in [-0.25, -0.2) is 0 Å². The number of benzene rings is 1. The summed E-state index contributed by atoms with van der Waals surface area (Å²) in [5.41, 5.74) is 3.35. The SMILES string of the molecule is CCCC1(C)CCNCC1c1ccc(C)cc1. The highest BCUT2D eigenvalue weighted by atomic mass is 14.9. The summed E-state index contributed by atoms with van der Waals surface area (Å²) in [6, 6.07) is 9.13. The molecule has 1 aromatic carbocycles. The van der Waals surface area contributed by atoms with Gasteiger partial charge in [-0.15, -0.1) is 0 Å². The van der Waals surface area contributed by atoms with Crippen LogP contribution in [-0.2, 0) is 0 Å². The molecule has 0 aliphatic carbocycles. The molecule has 1 nitrogen and oxygen atoms in total. The van der Waals surface area contributed by atoms with Crippen molar-refractivity contribution in [1.29, 1.82) is 0 Å². The number of aryl methyl sites for hydroxylation is 1. The van der Waals surface area contributed by atoms with Crippen LogP contribution in [0.4, 0.5) is 0 Å². The lowest BCUT2D eigenvalue weighted by molar-refractivity contribution is 0.171. The van der Waals surface area contributed by atoms with Crippen LogP contribution in [0, 0.1) is 12.3 Å². The number of nitrogens with one attached hydrogen (secondary N) is 1. The van der Waals surface area contributed by atoms with Crippen LogP contribution >= 0.6 is 0 Å². The molecule has 1 aliphatic heterocycles. The maximum Gasteiger partial charge on any atom is 0.00254 e. The molecule has 1 aromatic rings. The normalized spacial score (nSPS) is 29.2. The average molecular weight is 231 g/mol. The van der Waals surface area contributed by atoms with Crippen LogP contribution in [0.25, 0.3) is 0 Å². The minimum absolute atomic E-state index is 0.481. The second kappa shape index (κ2) is 5.22. The van der Waals surface area contributed by atoms with Crippen molar-refractivity contribution in [2.24, 2.45) is 5.41 Å². The van der Waals surface area contributed by atoms with E-state index in [2.05, 4.69) is 50.4 Å². The van der Waals surface area contributed by atoms with E-state index in [4.69, 9.17) is 0 Å². The van der Waals surface area contributed by atoms with Crippen LogP contribution in [0.2, 0.25) is 0 Å². The number of rotatable bonds is 3. The van der Waals surface area contributed by atoms with Gasteiger partial charge in [-0.05, 0) is 37.3 Å². The molecular weight excluding hydrogens is 206 g/mol. The predicted molar refractivity (Wildman–Crippen MR) is 74.4 cm³/mol. The fourth-order valence-corrected chi connectivity index (χ4v) is 3.23. The summed E-state index contributed by atoms with van der Waals surface area (Å²) >= 11 is 0. The highest BCUT2D eigenvalue weighted by molar-refractivity contribution is 5.27. The fourth-order valence-electron chi connectivity index (χ4n) is 3.23. The van der Waals surface area contributed by atoms with E-state index in [9.17, 15) is 0 Å². The minimum Gasteiger partial charge on any atom is -0.316 e. The van der Waals surface area contributed by atoms with E-state index in [1.807, 2.05) is 0 Å². The first-order chi connectivity index (χ1) is 8.15. The maximum atomic E-state index is 3.56. The lowest BCUT2D eigenvalue weighted by Gasteiger charge is -2.42. The first kappa shape index (κ1) is 12.6. The van der Waals surface area contributed by atoms with Crippen LogP contribution < -0.4 is 5.32 Å². The monoisotopic (exact) mass is 231 g/mol. The van der Waals surface area contributed by atoms with Gasteiger partial charge in [0, 0.05) is 12.5 Å². The van der Waals surface area contributed by atoms with Crippen molar-refractivity contribution >= 4 is 0 Å². The molecule has 1 N–H and O–H groups in total. The molecule has 0 spiro atoms. The molecule has 2 unspecified atom stereocenters. The summed E-state index contributed by atoms with van der Waals surface area (Å²) in [4.78, 5) is 0. The highest BCUT2D eigenvalue weighted by Crippen LogP contribution is 2.43. The molecule has 1 saturated heterocycles. The van der Waals surface area contributed by atoms with Crippen LogP contribution in [0.15, 0.2) is 24.3 Å². The van der Waals surface area contributed by atoms with Gasteiger partial charge in [0.25, 0.3) is 0 Å². The molecule has 0 radical (unpaired) electrons. The largest absolute Gasteiger partial charge is 0.316 e. The van der Waals surface area contributed by atoms with E-state index in [-0.39, 0.29) is 0 Å². The molecule has 0 saturated carbocycles. The van der Waals surface area contributed by atoms with Crippen molar-refractivity contribution in [3.63, 3.8) is 0 Å². The van der Waals surface area contributed by atoms with Crippen molar-refractivity contribution in [3.05, 3.63) is 35.4 Å². The van der Waals surface area contributed by atoms with Crippen molar-refractivity contribution < 1.29 is 0 Å². The van der Waals surface area contributed by atoms with Crippen LogP contribution in [0.1, 0.15) is 50.2 Å². The maximum absolute atomic E-state index is 3.56. The zero-order valence-electron chi connectivity index (χ0n) is 11.4. The Morgan fingerprint density at radius 1 is 1.29 bits per heavy atom. The Hall–Kier alpha value is -0.820. The summed E-state index contributed by atoms with van der Waals surface area (Å²) in [6.45, 7) is 9.26. The molecule has 0 amide bonds. The first-order valence-corrected chi connectivity index (χ1v) is 6.93. The van der Waals surface area contributed by atoms with E-state index >= 15 is 0 Å². The zero-order chi connectivity index (χ0) is 12.3. The van der Waals surface area contributed by atoms with Gasteiger partial charge in [-0.3, -0.25) is 0 Å². The topological polar surface area (TPSA) is 12.0 Å². The third kappa shape index (κ3) is 2.71. The molecule has 17 heavy (non-hydrogen) atoms. The standard InChI is InChI=1S/C16H25N/c1-4-9-16(3)10-11-17-12-15(16)14-7-5-13(2)6-8-14/h5-8,15,17H,4,9-12H2,1-3H3. The van der Waals surface area contributed by atoms with Crippen molar-refractivity contribution in [1.82, 2.24) is 5.32 Å². The molecule has 94 valence electrons. The van der Waals surface area contributed by atoms with E-state index in [1.165, 1.54) is 36.9 Å². The van der Waals surface area contributed by atoms with Crippen LogP contribution in [-0.4, -0.2) is 13.1 Å². The zero-order valence-corrected chi connectivity index (χ0v) is 11.4. The summed E-state index contributed by atoms with van der Waals surface area (Å²) in [6.07, 6.45) is 3.94. The fraction of sp³-hybridized carbons (Fsp3) is 0.625. The van der Waals surface area contributed by atoms with Crippen molar-refractivity contribution in [2.75, 3.05) is 13.1 Å². The first-order valence-electron chi connectivity index (χ1n) is 6.93. The van der Waals surface area contributed by atoms with Crippen molar-refractivity contribution in [3.8, 4) is 0 Å². The Balaban J connectivity index is 2.24. The lowest BCUT2D eigenvalue weighted by atomic mass is 9.67. The van der Waals surface area contributed by atoms with Gasteiger partial charge in [-0.1, -0.05) is 50.1 Å². The minimum atomic E-state index is 0.481. The Bertz CT molecular complexity index is 350. The van der Waals surface area contributed by atoms with Gasteiger partial charge in [0.05, 0.1) is 0 Å². The number of hydrogen-bond acceptors (Lipinski definition) is 1. The number of hydrogen-bond donors (Lipinski definition) is 1. The van der Waals surface area contributed by atoms with Gasteiger partial charge in [0.2, 0.25) is 0 Å². The molecule has 1 heterocycles. The molecule has 0 bridgehead atoms. The summed E-state index contributed by atoms with van der Waals surface area (Å²) in [7, 11) is 0. The van der Waals surface area contributed by atoms with Gasteiger partial charge in [0.15, 0.2) is 0 Å². The van der Waals surface area contributed by atoms with E-state index in [1.54, 1.807) is 0 Å². The quantitative estimate of drug-likeness (QED) is 0.832. The second-order valence-corrected chi connectivity index (χ2v) is 5.82. The Kier molecular flexibility index (Phi) is 3.88. The van der Waals surface area contributed by atoms with E-state index in [0.29, 0.717) is 11.3 Å². The summed E-state index contributed by atoms with van der Waals surface area (Å²) in [5.74, 6) is 0.678. The lowest BCUT2D eigenvalue weighted by Crippen LogP contribution is -2.41. The Morgan fingerprint density at radius 2 is 2.00 bits per heavy atom. The molecular formula is C16H25N. The van der Waals surface area contributed by atoms with Crippen LogP contribution in [0.3, 0.4) is 0 Å². The number of piperidine rings is 1. The van der Waals surface area contributed by atoms with Crippen molar-refractivity contribution in [2.45, 2.75) is 46.0 Å².